The van der Waals surface area contributed by atoms with Crippen LogP contribution in [0.3, 0.4) is 0 Å². The normalized spacial score (nSPS) is 25.1. The second kappa shape index (κ2) is 9.13. The average molecular weight is 438 g/mol. The van der Waals surface area contributed by atoms with Crippen LogP contribution in [0.1, 0.15) is 12.0 Å². The molecule has 0 spiro atoms. The maximum Gasteiger partial charge on any atom is 0.393 e. The van der Waals surface area contributed by atoms with Crippen molar-refractivity contribution in [2.24, 2.45) is 17.6 Å². The Morgan fingerprint density at radius 1 is 1.24 bits per heavy atom. The fourth-order valence-electron chi connectivity index (χ4n) is 3.51. The summed E-state index contributed by atoms with van der Waals surface area (Å²) in [7, 11) is -4.01. The highest BCUT2D eigenvalue weighted by Crippen LogP contribution is 2.37. The van der Waals surface area contributed by atoms with Crippen LogP contribution < -0.4 is 10.5 Å². The Morgan fingerprint density at radius 2 is 1.97 bits per heavy atom. The van der Waals surface area contributed by atoms with Gasteiger partial charge in [0.05, 0.1) is 25.7 Å². The first-order valence-corrected chi connectivity index (χ1v) is 10.8. The van der Waals surface area contributed by atoms with Gasteiger partial charge in [-0.3, -0.25) is 0 Å². The summed E-state index contributed by atoms with van der Waals surface area (Å²) in [6.07, 6.45) is -3.18. The number of nitrogens with zero attached hydrogens (tertiary/aromatic N) is 3. The van der Waals surface area contributed by atoms with Crippen molar-refractivity contribution in [2.45, 2.75) is 19.1 Å². The molecule has 2 aliphatic heterocycles. The molecule has 3 heterocycles. The standard InChI is InChI=1S/C17H25F3N4O4S/c18-17(19,20)15-7-14(12-28-16-8-13(9-21)1-2-22-16)10-24(11-15)29(25,26)23-3-5-27-6-4-23/h1-2,8,14-15H,3-7,9-12,21H2/t14-,15-/m0/s1. The van der Waals surface area contributed by atoms with Crippen LogP contribution in [0.15, 0.2) is 18.3 Å². The van der Waals surface area contributed by atoms with Crippen molar-refractivity contribution < 1.29 is 31.1 Å². The molecule has 0 amide bonds. The van der Waals surface area contributed by atoms with Gasteiger partial charge in [-0.15, -0.1) is 0 Å². The zero-order chi connectivity index (χ0) is 21.1. The van der Waals surface area contributed by atoms with Crippen molar-refractivity contribution in [3.8, 4) is 5.88 Å². The number of hydrogen-bond acceptors (Lipinski definition) is 6. The van der Waals surface area contributed by atoms with E-state index < -0.39 is 34.8 Å². The molecule has 2 saturated heterocycles. The van der Waals surface area contributed by atoms with Crippen LogP contribution in [0.5, 0.6) is 5.88 Å². The van der Waals surface area contributed by atoms with Crippen molar-refractivity contribution in [1.29, 1.82) is 0 Å². The zero-order valence-corrected chi connectivity index (χ0v) is 16.7. The van der Waals surface area contributed by atoms with Crippen LogP contribution in [0.4, 0.5) is 13.2 Å². The number of alkyl halides is 3. The van der Waals surface area contributed by atoms with Gasteiger partial charge in [-0.05, 0) is 18.1 Å². The molecule has 29 heavy (non-hydrogen) atoms. The van der Waals surface area contributed by atoms with Gasteiger partial charge >= 0.3 is 6.18 Å². The molecule has 8 nitrogen and oxygen atoms in total. The molecule has 2 aliphatic rings. The molecular weight excluding hydrogens is 413 g/mol. The molecular formula is C17H25F3N4O4S. The first kappa shape index (κ1) is 22.2. The van der Waals surface area contributed by atoms with E-state index >= 15 is 0 Å². The molecule has 0 aliphatic carbocycles. The van der Waals surface area contributed by atoms with Gasteiger partial charge in [0.1, 0.15) is 0 Å². The molecule has 1 aromatic rings. The molecule has 0 bridgehead atoms. The lowest BCUT2D eigenvalue weighted by atomic mass is 9.90. The summed E-state index contributed by atoms with van der Waals surface area (Å²) in [5, 5.41) is 0. The van der Waals surface area contributed by atoms with Crippen LogP contribution in [0, 0.1) is 11.8 Å². The van der Waals surface area contributed by atoms with E-state index in [1.165, 1.54) is 10.5 Å². The van der Waals surface area contributed by atoms with Crippen LogP contribution in [0.25, 0.3) is 0 Å². The van der Waals surface area contributed by atoms with Crippen LogP contribution in [-0.4, -0.2) is 74.2 Å². The van der Waals surface area contributed by atoms with Gasteiger partial charge in [0.25, 0.3) is 10.2 Å². The second-order valence-corrected chi connectivity index (χ2v) is 9.12. The van der Waals surface area contributed by atoms with Crippen molar-refractivity contribution in [3.05, 3.63) is 23.9 Å². The predicted molar refractivity (Wildman–Crippen MR) is 98.2 cm³/mol. The van der Waals surface area contributed by atoms with Gasteiger partial charge in [-0.1, -0.05) is 0 Å². The van der Waals surface area contributed by atoms with E-state index in [2.05, 4.69) is 4.98 Å². The molecule has 0 saturated carbocycles. The van der Waals surface area contributed by atoms with Crippen LogP contribution >= 0.6 is 0 Å². The summed E-state index contributed by atoms with van der Waals surface area (Å²) >= 11 is 0. The van der Waals surface area contributed by atoms with Gasteiger partial charge in [0.15, 0.2) is 0 Å². The molecule has 1 aromatic heterocycles. The third-order valence-electron chi connectivity index (χ3n) is 5.09. The van der Waals surface area contributed by atoms with E-state index in [4.69, 9.17) is 15.2 Å². The number of hydrogen-bond donors (Lipinski definition) is 1. The minimum absolute atomic E-state index is 0.0388. The highest BCUT2D eigenvalue weighted by molar-refractivity contribution is 7.86. The van der Waals surface area contributed by atoms with Gasteiger partial charge in [0, 0.05) is 50.9 Å². The number of ether oxygens (including phenoxy) is 2. The molecule has 164 valence electrons. The molecule has 2 fully saturated rings. The summed E-state index contributed by atoms with van der Waals surface area (Å²) < 4.78 is 79.0. The van der Waals surface area contributed by atoms with Crippen LogP contribution in [-0.2, 0) is 21.5 Å². The third kappa shape index (κ3) is 5.57. The van der Waals surface area contributed by atoms with E-state index in [0.717, 1.165) is 9.87 Å². The van der Waals surface area contributed by atoms with E-state index in [-0.39, 0.29) is 58.3 Å². The molecule has 2 atom stereocenters. The van der Waals surface area contributed by atoms with E-state index in [0.29, 0.717) is 0 Å². The first-order valence-electron chi connectivity index (χ1n) is 9.37. The molecule has 12 heteroatoms. The summed E-state index contributed by atoms with van der Waals surface area (Å²) in [6.45, 7) is 0.312. The number of nitrogens with two attached hydrogens (primary N) is 1. The quantitative estimate of drug-likeness (QED) is 0.712. The van der Waals surface area contributed by atoms with Crippen molar-refractivity contribution in [2.75, 3.05) is 46.0 Å². The van der Waals surface area contributed by atoms with Gasteiger partial charge < -0.3 is 15.2 Å². The number of morpholine rings is 1. The molecule has 0 aromatic carbocycles. The number of halogens is 3. The summed E-state index contributed by atoms with van der Waals surface area (Å²) in [4.78, 5) is 4.03. The topological polar surface area (TPSA) is 98.0 Å². The Labute approximate surface area is 167 Å². The van der Waals surface area contributed by atoms with Gasteiger partial charge in [-0.25, -0.2) is 4.98 Å². The Hall–Kier alpha value is -1.47. The smallest absolute Gasteiger partial charge is 0.393 e. The number of rotatable bonds is 6. The summed E-state index contributed by atoms with van der Waals surface area (Å²) in [5.41, 5.74) is 6.35. The van der Waals surface area contributed by atoms with Gasteiger partial charge in [-0.2, -0.15) is 30.2 Å². The maximum absolute atomic E-state index is 13.5. The average Bonchev–Trinajstić information content (AvgIpc) is 2.72. The van der Waals surface area contributed by atoms with E-state index in [1.54, 1.807) is 12.1 Å². The lowest BCUT2D eigenvalue weighted by molar-refractivity contribution is -0.188. The fraction of sp³-hybridized carbons (Fsp3) is 0.706. The molecule has 2 N–H and O–H groups in total. The maximum atomic E-state index is 13.5. The Bertz CT molecular complexity index is 787. The minimum atomic E-state index is -4.49. The van der Waals surface area contributed by atoms with E-state index in [1.807, 2.05) is 0 Å². The van der Waals surface area contributed by atoms with Crippen LogP contribution in [0.2, 0.25) is 0 Å². The SMILES string of the molecule is NCc1ccnc(OC[C@H]2C[C@H](C(F)(F)F)CN(S(=O)(=O)N3CCOCC3)C2)c1. The first-order chi connectivity index (χ1) is 13.7. The monoisotopic (exact) mass is 438 g/mol. The molecule has 0 radical (unpaired) electrons. The Kier molecular flexibility index (Phi) is 6.99. The minimum Gasteiger partial charge on any atom is -0.477 e. The lowest BCUT2D eigenvalue weighted by Gasteiger charge is -2.40. The number of aromatic nitrogens is 1. The Balaban J connectivity index is 1.72. The third-order valence-corrected chi connectivity index (χ3v) is 7.06. The summed E-state index contributed by atoms with van der Waals surface area (Å²) in [6, 6.07) is 3.33. The highest BCUT2D eigenvalue weighted by Gasteiger charge is 2.48. The largest absolute Gasteiger partial charge is 0.477 e. The molecule has 3 rings (SSSR count). The van der Waals surface area contributed by atoms with Gasteiger partial charge in [0.2, 0.25) is 5.88 Å². The van der Waals surface area contributed by atoms with Crippen molar-refractivity contribution in [3.63, 3.8) is 0 Å². The molecule has 0 unspecified atom stereocenters. The Morgan fingerprint density at radius 3 is 2.62 bits per heavy atom. The lowest BCUT2D eigenvalue weighted by Crippen LogP contribution is -2.55. The number of piperidine rings is 1. The predicted octanol–water partition coefficient (Wildman–Crippen LogP) is 0.997. The second-order valence-electron chi connectivity index (χ2n) is 7.19. The summed E-state index contributed by atoms with van der Waals surface area (Å²) in [5.74, 6) is -2.11. The van der Waals surface area contributed by atoms with E-state index in [9.17, 15) is 21.6 Å². The van der Waals surface area contributed by atoms with Crippen molar-refractivity contribution >= 4 is 10.2 Å². The fourth-order valence-corrected chi connectivity index (χ4v) is 5.21. The highest BCUT2D eigenvalue weighted by atomic mass is 32.2. The van der Waals surface area contributed by atoms with Crippen molar-refractivity contribution in [1.82, 2.24) is 13.6 Å². The number of pyridine rings is 1. The zero-order valence-electron chi connectivity index (χ0n) is 15.8.